The molecule has 0 fully saturated rings. The average Bonchev–Trinajstić information content (AvgIpc) is 2.77. The minimum Gasteiger partial charge on any atom is -0.332 e. The predicted octanol–water partition coefficient (Wildman–Crippen LogP) is 6.54. The monoisotopic (exact) mass is 507 g/mol. The van der Waals surface area contributed by atoms with E-state index >= 15 is 0 Å². The van der Waals surface area contributed by atoms with Crippen LogP contribution in [0.1, 0.15) is 5.56 Å². The highest BCUT2D eigenvalue weighted by Gasteiger charge is 2.13. The first-order chi connectivity index (χ1) is 15.0. The van der Waals surface area contributed by atoms with Gasteiger partial charge in [-0.2, -0.15) is 9.97 Å². The van der Waals surface area contributed by atoms with Gasteiger partial charge in [-0.1, -0.05) is 64.0 Å². The largest absolute Gasteiger partial charge is 0.332 e. The van der Waals surface area contributed by atoms with Crippen molar-refractivity contribution in [3.63, 3.8) is 0 Å². The molecule has 0 radical (unpaired) electrons. The molecule has 0 bridgehead atoms. The Kier molecular flexibility index (Phi) is 6.50. The molecule has 0 saturated heterocycles. The van der Waals surface area contributed by atoms with Gasteiger partial charge in [-0.25, -0.2) is 0 Å². The average molecular weight is 508 g/mol. The number of nitrogens with one attached hydrogen (secondary N) is 2. The standard InChI is InChI=1S/C23H18BrN5S2/c1-15-7-11-18(12-8-15)25-22(30)28-21-26-20(16-5-3-2-4-6-16)27-23(31)29(21)19-13-9-17(24)10-14-19/h2-14H,1H3,(H2,25,26,27,28,30,31). The second kappa shape index (κ2) is 9.47. The van der Waals surface area contributed by atoms with Gasteiger partial charge < -0.3 is 10.6 Å². The Morgan fingerprint density at radius 3 is 2.23 bits per heavy atom. The number of halogens is 1. The van der Waals surface area contributed by atoms with E-state index in [2.05, 4.69) is 31.5 Å². The normalized spacial score (nSPS) is 10.5. The highest BCUT2D eigenvalue weighted by molar-refractivity contribution is 9.10. The van der Waals surface area contributed by atoms with Crippen LogP contribution in [0.2, 0.25) is 0 Å². The molecular weight excluding hydrogens is 490 g/mol. The Morgan fingerprint density at radius 2 is 1.55 bits per heavy atom. The van der Waals surface area contributed by atoms with Crippen LogP contribution in [0.4, 0.5) is 11.6 Å². The Morgan fingerprint density at radius 1 is 0.871 bits per heavy atom. The molecule has 2 N–H and O–H groups in total. The van der Waals surface area contributed by atoms with Gasteiger partial charge in [0.1, 0.15) is 0 Å². The summed E-state index contributed by atoms with van der Waals surface area (Å²) in [6.07, 6.45) is 0. The zero-order chi connectivity index (χ0) is 21.8. The van der Waals surface area contributed by atoms with Crippen molar-refractivity contribution >= 4 is 57.1 Å². The first-order valence-corrected chi connectivity index (χ1v) is 11.1. The molecular formula is C23H18BrN5S2. The van der Waals surface area contributed by atoms with E-state index in [1.807, 2.05) is 85.8 Å². The highest BCUT2D eigenvalue weighted by Crippen LogP contribution is 2.22. The van der Waals surface area contributed by atoms with Gasteiger partial charge in [0, 0.05) is 15.7 Å². The van der Waals surface area contributed by atoms with Gasteiger partial charge in [-0.3, -0.25) is 4.57 Å². The topological polar surface area (TPSA) is 54.8 Å². The van der Waals surface area contributed by atoms with E-state index in [1.165, 1.54) is 5.56 Å². The van der Waals surface area contributed by atoms with Crippen molar-refractivity contribution in [1.29, 1.82) is 0 Å². The van der Waals surface area contributed by atoms with Gasteiger partial charge in [0.2, 0.25) is 10.7 Å². The molecule has 0 amide bonds. The van der Waals surface area contributed by atoms with E-state index in [0.29, 0.717) is 21.7 Å². The van der Waals surface area contributed by atoms with Crippen molar-refractivity contribution < 1.29 is 0 Å². The fraction of sp³-hybridized carbons (Fsp3) is 0.0435. The number of aryl methyl sites for hydroxylation is 1. The molecule has 4 aromatic rings. The summed E-state index contributed by atoms with van der Waals surface area (Å²) in [5.74, 6) is 1.00. The number of anilines is 2. The number of benzene rings is 3. The van der Waals surface area contributed by atoms with Gasteiger partial charge in [-0.05, 0) is 67.8 Å². The van der Waals surface area contributed by atoms with Gasteiger partial charge in [0.05, 0.1) is 5.69 Å². The predicted molar refractivity (Wildman–Crippen MR) is 136 cm³/mol. The van der Waals surface area contributed by atoms with E-state index in [1.54, 1.807) is 4.57 Å². The lowest BCUT2D eigenvalue weighted by Crippen LogP contribution is -2.23. The van der Waals surface area contributed by atoms with Crippen LogP contribution >= 0.6 is 40.4 Å². The lowest BCUT2D eigenvalue weighted by molar-refractivity contribution is 0.914. The third-order valence-corrected chi connectivity index (χ3v) is 5.47. The van der Waals surface area contributed by atoms with E-state index in [9.17, 15) is 0 Å². The second-order valence-corrected chi connectivity index (χ2v) is 8.47. The Hall–Kier alpha value is -2.94. The molecule has 3 aromatic carbocycles. The zero-order valence-electron chi connectivity index (χ0n) is 16.5. The van der Waals surface area contributed by atoms with Gasteiger partial charge in [-0.15, -0.1) is 0 Å². The lowest BCUT2D eigenvalue weighted by atomic mass is 10.2. The number of hydrogen-bond donors (Lipinski definition) is 2. The summed E-state index contributed by atoms with van der Waals surface area (Å²) in [5.41, 5.74) is 3.76. The van der Waals surface area contributed by atoms with Crippen molar-refractivity contribution in [1.82, 2.24) is 14.5 Å². The van der Waals surface area contributed by atoms with Crippen LogP contribution in [0.25, 0.3) is 17.1 Å². The minimum absolute atomic E-state index is 0.372. The minimum atomic E-state index is 0.372. The maximum atomic E-state index is 5.64. The van der Waals surface area contributed by atoms with Crippen molar-refractivity contribution in [2.75, 3.05) is 10.6 Å². The molecule has 8 heteroatoms. The molecule has 1 heterocycles. The van der Waals surface area contributed by atoms with E-state index in [4.69, 9.17) is 29.4 Å². The maximum Gasteiger partial charge on any atom is 0.218 e. The van der Waals surface area contributed by atoms with Crippen LogP contribution in [-0.2, 0) is 0 Å². The van der Waals surface area contributed by atoms with Crippen molar-refractivity contribution in [3.8, 4) is 17.1 Å². The molecule has 1 aromatic heterocycles. The van der Waals surface area contributed by atoms with Crippen LogP contribution in [0.3, 0.4) is 0 Å². The molecule has 0 saturated carbocycles. The first-order valence-electron chi connectivity index (χ1n) is 9.47. The molecule has 0 aliphatic heterocycles. The third-order valence-electron chi connectivity index (χ3n) is 4.47. The molecule has 0 spiro atoms. The molecule has 0 aliphatic rings. The smallest absolute Gasteiger partial charge is 0.218 e. The number of aromatic nitrogens is 3. The molecule has 0 atom stereocenters. The Bertz CT molecular complexity index is 1270. The zero-order valence-corrected chi connectivity index (χ0v) is 19.8. The molecule has 4 rings (SSSR count). The molecule has 5 nitrogen and oxygen atoms in total. The summed E-state index contributed by atoms with van der Waals surface area (Å²) in [6, 6.07) is 25.5. The fourth-order valence-corrected chi connectivity index (χ4v) is 3.68. The summed E-state index contributed by atoms with van der Waals surface area (Å²) in [5, 5.41) is 6.79. The first kappa shape index (κ1) is 21.3. The summed E-state index contributed by atoms with van der Waals surface area (Å²) in [6.45, 7) is 2.04. The quantitative estimate of drug-likeness (QED) is 0.305. The number of thiocarbonyl (C=S) groups is 1. The van der Waals surface area contributed by atoms with Gasteiger partial charge >= 0.3 is 0 Å². The Balaban J connectivity index is 1.74. The summed E-state index contributed by atoms with van der Waals surface area (Å²) >= 11 is 14.6. The van der Waals surface area contributed by atoms with Gasteiger partial charge in [0.15, 0.2) is 10.9 Å². The van der Waals surface area contributed by atoms with Crippen molar-refractivity contribution in [2.24, 2.45) is 0 Å². The fourth-order valence-electron chi connectivity index (χ4n) is 2.93. The summed E-state index contributed by atoms with van der Waals surface area (Å²) in [4.78, 5) is 9.29. The summed E-state index contributed by atoms with van der Waals surface area (Å²) in [7, 11) is 0. The molecule has 154 valence electrons. The van der Waals surface area contributed by atoms with E-state index < -0.39 is 0 Å². The van der Waals surface area contributed by atoms with Crippen LogP contribution < -0.4 is 10.6 Å². The SMILES string of the molecule is Cc1ccc(NC(=S)Nc2nc(-c3ccccc3)nc(=S)n2-c2ccc(Br)cc2)cc1. The molecule has 0 aliphatic carbocycles. The van der Waals surface area contributed by atoms with Crippen LogP contribution in [0.5, 0.6) is 0 Å². The number of hydrogen-bond acceptors (Lipinski definition) is 4. The second-order valence-electron chi connectivity index (χ2n) is 6.78. The van der Waals surface area contributed by atoms with Crippen molar-refractivity contribution in [3.05, 3.63) is 93.7 Å². The van der Waals surface area contributed by atoms with Crippen LogP contribution in [0.15, 0.2) is 83.3 Å². The molecule has 0 unspecified atom stereocenters. The van der Waals surface area contributed by atoms with Gasteiger partial charge in [0.25, 0.3) is 0 Å². The lowest BCUT2D eigenvalue weighted by Gasteiger charge is -2.17. The highest BCUT2D eigenvalue weighted by atomic mass is 79.9. The van der Waals surface area contributed by atoms with E-state index in [0.717, 1.165) is 21.4 Å². The molecule has 31 heavy (non-hydrogen) atoms. The Labute approximate surface area is 199 Å². The van der Waals surface area contributed by atoms with Crippen LogP contribution in [-0.4, -0.2) is 19.6 Å². The number of rotatable bonds is 4. The number of nitrogens with zero attached hydrogens (tertiary/aromatic N) is 3. The summed E-state index contributed by atoms with van der Waals surface area (Å²) < 4.78 is 3.10. The maximum absolute atomic E-state index is 5.64. The van der Waals surface area contributed by atoms with E-state index in [-0.39, 0.29) is 0 Å². The third kappa shape index (κ3) is 5.22. The van der Waals surface area contributed by atoms with Crippen LogP contribution in [0, 0.1) is 11.7 Å². The van der Waals surface area contributed by atoms with Crippen molar-refractivity contribution in [2.45, 2.75) is 6.92 Å².